The van der Waals surface area contributed by atoms with Crippen LogP contribution >= 0.6 is 0 Å². The van der Waals surface area contributed by atoms with Crippen LogP contribution in [-0.2, 0) is 6.54 Å². The summed E-state index contributed by atoms with van der Waals surface area (Å²) < 4.78 is 4.97. The van der Waals surface area contributed by atoms with Crippen LogP contribution in [0.3, 0.4) is 0 Å². The number of hydrogen-bond acceptors (Lipinski definition) is 5. The fourth-order valence-electron chi connectivity index (χ4n) is 1.21. The number of aryl methyl sites for hydroxylation is 1. The lowest BCUT2D eigenvalue weighted by Gasteiger charge is -2.07. The van der Waals surface area contributed by atoms with E-state index in [1.807, 2.05) is 6.92 Å². The lowest BCUT2D eigenvalue weighted by Crippen LogP contribution is -2.26. The van der Waals surface area contributed by atoms with E-state index in [1.54, 1.807) is 0 Å². The second-order valence-electron chi connectivity index (χ2n) is 3.87. The molecular formula is C10H20N4O. The molecule has 1 aromatic rings. The maximum Gasteiger partial charge on any atom is 0.240 e. The third kappa shape index (κ3) is 5.49. The van der Waals surface area contributed by atoms with Crippen LogP contribution in [0.5, 0.6) is 0 Å². The summed E-state index contributed by atoms with van der Waals surface area (Å²) in [4.78, 5) is 4.10. The van der Waals surface area contributed by atoms with Crippen molar-refractivity contribution in [1.29, 1.82) is 0 Å². The van der Waals surface area contributed by atoms with E-state index in [1.165, 1.54) is 0 Å². The highest BCUT2D eigenvalue weighted by Gasteiger charge is 2.00. The Balaban J connectivity index is 1.98. The first kappa shape index (κ1) is 12.1. The van der Waals surface area contributed by atoms with Crippen molar-refractivity contribution in [2.45, 2.75) is 39.8 Å². The molecule has 2 N–H and O–H groups in total. The highest BCUT2D eigenvalue weighted by Crippen LogP contribution is 1.94. The number of rotatable bonds is 7. The van der Waals surface area contributed by atoms with Gasteiger partial charge in [0.15, 0.2) is 5.82 Å². The number of hydrogen-bond donors (Lipinski definition) is 2. The molecule has 0 saturated heterocycles. The molecule has 1 rings (SSSR count). The van der Waals surface area contributed by atoms with Gasteiger partial charge in [-0.15, -0.1) is 0 Å². The highest BCUT2D eigenvalue weighted by atomic mass is 16.5. The molecule has 5 nitrogen and oxygen atoms in total. The third-order valence-corrected chi connectivity index (χ3v) is 1.93. The number of nitrogens with one attached hydrogen (secondary N) is 2. The fourth-order valence-corrected chi connectivity index (χ4v) is 1.21. The Morgan fingerprint density at radius 3 is 2.73 bits per heavy atom. The lowest BCUT2D eigenvalue weighted by atomic mass is 10.3. The molecule has 0 aromatic carbocycles. The zero-order valence-corrected chi connectivity index (χ0v) is 9.71. The normalized spacial score (nSPS) is 11.2. The lowest BCUT2D eigenvalue weighted by molar-refractivity contribution is 0.363. The minimum Gasteiger partial charge on any atom is -0.338 e. The molecule has 5 heteroatoms. The summed E-state index contributed by atoms with van der Waals surface area (Å²) in [6.07, 6.45) is 1.10. The maximum absolute atomic E-state index is 4.97. The summed E-state index contributed by atoms with van der Waals surface area (Å²) in [6.45, 7) is 8.76. The second kappa shape index (κ2) is 6.53. The van der Waals surface area contributed by atoms with Crippen molar-refractivity contribution in [3.05, 3.63) is 11.7 Å². The van der Waals surface area contributed by atoms with Crippen LogP contribution in [0.4, 0.5) is 0 Å². The third-order valence-electron chi connectivity index (χ3n) is 1.93. The standard InChI is InChI=1S/C10H20N4O/c1-8(2)12-6-4-5-11-7-10-13-9(3)14-15-10/h8,11-12H,4-7H2,1-3H3. The fraction of sp³-hybridized carbons (Fsp3) is 0.800. The predicted molar refractivity (Wildman–Crippen MR) is 58.5 cm³/mol. The summed E-state index contributed by atoms with van der Waals surface area (Å²) in [6, 6.07) is 0.559. The Hall–Kier alpha value is -0.940. The van der Waals surface area contributed by atoms with E-state index in [9.17, 15) is 0 Å². The average molecular weight is 212 g/mol. The van der Waals surface area contributed by atoms with Gasteiger partial charge in [-0.25, -0.2) is 0 Å². The minimum atomic E-state index is 0.559. The molecule has 15 heavy (non-hydrogen) atoms. The first-order valence-electron chi connectivity index (χ1n) is 5.42. The molecule has 0 spiro atoms. The van der Waals surface area contributed by atoms with Crippen LogP contribution in [0.2, 0.25) is 0 Å². The minimum absolute atomic E-state index is 0.559. The van der Waals surface area contributed by atoms with Gasteiger partial charge in [-0.3, -0.25) is 0 Å². The molecule has 0 aliphatic heterocycles. The van der Waals surface area contributed by atoms with Gasteiger partial charge in [-0.05, 0) is 26.4 Å². The Kier molecular flexibility index (Phi) is 5.28. The average Bonchev–Trinajstić information content (AvgIpc) is 2.57. The van der Waals surface area contributed by atoms with Gasteiger partial charge in [0, 0.05) is 6.04 Å². The SMILES string of the molecule is Cc1noc(CNCCCNC(C)C)n1. The molecule has 0 amide bonds. The van der Waals surface area contributed by atoms with Gasteiger partial charge in [-0.1, -0.05) is 19.0 Å². The van der Waals surface area contributed by atoms with Crippen molar-refractivity contribution >= 4 is 0 Å². The van der Waals surface area contributed by atoms with E-state index in [0.717, 1.165) is 19.5 Å². The van der Waals surface area contributed by atoms with Gasteiger partial charge in [0.25, 0.3) is 0 Å². The molecule has 1 aromatic heterocycles. The van der Waals surface area contributed by atoms with Gasteiger partial charge < -0.3 is 15.2 Å². The molecule has 0 fully saturated rings. The van der Waals surface area contributed by atoms with Gasteiger partial charge in [0.1, 0.15) is 0 Å². The molecule has 0 aliphatic rings. The molecule has 86 valence electrons. The zero-order valence-electron chi connectivity index (χ0n) is 9.71. The quantitative estimate of drug-likeness (QED) is 0.656. The zero-order chi connectivity index (χ0) is 11.1. The Morgan fingerprint density at radius 1 is 1.33 bits per heavy atom. The maximum atomic E-state index is 4.97. The van der Waals surface area contributed by atoms with Crippen molar-refractivity contribution in [1.82, 2.24) is 20.8 Å². The van der Waals surface area contributed by atoms with E-state index in [-0.39, 0.29) is 0 Å². The van der Waals surface area contributed by atoms with Crippen LogP contribution in [0.1, 0.15) is 32.0 Å². The van der Waals surface area contributed by atoms with Gasteiger partial charge in [0.05, 0.1) is 6.54 Å². The highest BCUT2D eigenvalue weighted by molar-refractivity contribution is 4.81. The molecule has 0 bridgehead atoms. The molecule has 0 radical (unpaired) electrons. The van der Waals surface area contributed by atoms with Crippen molar-refractivity contribution in [2.24, 2.45) is 0 Å². The van der Waals surface area contributed by atoms with Crippen LogP contribution in [0.25, 0.3) is 0 Å². The summed E-state index contributed by atoms with van der Waals surface area (Å²) in [5.74, 6) is 1.34. The molecular weight excluding hydrogens is 192 g/mol. The van der Waals surface area contributed by atoms with Crippen molar-refractivity contribution in [2.75, 3.05) is 13.1 Å². The van der Waals surface area contributed by atoms with E-state index >= 15 is 0 Å². The van der Waals surface area contributed by atoms with E-state index < -0.39 is 0 Å². The summed E-state index contributed by atoms with van der Waals surface area (Å²) >= 11 is 0. The first-order chi connectivity index (χ1) is 7.18. The predicted octanol–water partition coefficient (Wildman–Crippen LogP) is 0.856. The van der Waals surface area contributed by atoms with Crippen molar-refractivity contribution in [3.63, 3.8) is 0 Å². The Morgan fingerprint density at radius 2 is 2.13 bits per heavy atom. The van der Waals surface area contributed by atoms with E-state index in [0.29, 0.717) is 24.3 Å². The van der Waals surface area contributed by atoms with Gasteiger partial charge in [0.2, 0.25) is 5.89 Å². The topological polar surface area (TPSA) is 63.0 Å². The summed E-state index contributed by atoms with van der Waals surface area (Å²) in [5.41, 5.74) is 0. The van der Waals surface area contributed by atoms with Crippen molar-refractivity contribution in [3.8, 4) is 0 Å². The molecule has 0 saturated carbocycles. The molecule has 1 heterocycles. The molecule has 0 atom stereocenters. The van der Waals surface area contributed by atoms with Crippen LogP contribution < -0.4 is 10.6 Å². The molecule has 0 aliphatic carbocycles. The number of nitrogens with zero attached hydrogens (tertiary/aromatic N) is 2. The molecule has 0 unspecified atom stereocenters. The van der Waals surface area contributed by atoms with Gasteiger partial charge >= 0.3 is 0 Å². The van der Waals surface area contributed by atoms with Crippen LogP contribution in [0.15, 0.2) is 4.52 Å². The monoisotopic (exact) mass is 212 g/mol. The second-order valence-corrected chi connectivity index (χ2v) is 3.87. The van der Waals surface area contributed by atoms with E-state index in [4.69, 9.17) is 4.52 Å². The first-order valence-corrected chi connectivity index (χ1v) is 5.42. The summed E-state index contributed by atoms with van der Waals surface area (Å²) in [5, 5.41) is 10.3. The largest absolute Gasteiger partial charge is 0.338 e. The Bertz CT molecular complexity index is 272. The summed E-state index contributed by atoms with van der Waals surface area (Å²) in [7, 11) is 0. The smallest absolute Gasteiger partial charge is 0.240 e. The van der Waals surface area contributed by atoms with Crippen LogP contribution in [-0.4, -0.2) is 29.3 Å². The van der Waals surface area contributed by atoms with Gasteiger partial charge in [-0.2, -0.15) is 4.98 Å². The number of aromatic nitrogens is 2. The Labute approximate surface area is 90.6 Å². The van der Waals surface area contributed by atoms with E-state index in [2.05, 4.69) is 34.6 Å². The van der Waals surface area contributed by atoms with Crippen molar-refractivity contribution < 1.29 is 4.52 Å². The van der Waals surface area contributed by atoms with Crippen LogP contribution in [0, 0.1) is 6.92 Å².